The molecule has 19 heavy (non-hydrogen) atoms. The topological polar surface area (TPSA) is 47.3 Å². The zero-order chi connectivity index (χ0) is 13.8. The first-order valence-electron chi connectivity index (χ1n) is 6.17. The highest BCUT2D eigenvalue weighted by Gasteiger charge is 2.16. The van der Waals surface area contributed by atoms with Crippen molar-refractivity contribution in [2.24, 2.45) is 0 Å². The molecule has 1 heterocycles. The van der Waals surface area contributed by atoms with Gasteiger partial charge in [0.1, 0.15) is 11.6 Å². The number of methoxy groups -OCH3 is 1. The van der Waals surface area contributed by atoms with Gasteiger partial charge in [0.15, 0.2) is 0 Å². The third-order valence-corrected chi connectivity index (χ3v) is 3.57. The lowest BCUT2D eigenvalue weighted by atomic mass is 10.1. The maximum absolute atomic E-state index is 10.4. The molecule has 0 aliphatic rings. The van der Waals surface area contributed by atoms with Crippen molar-refractivity contribution in [2.45, 2.75) is 26.0 Å². The van der Waals surface area contributed by atoms with Crippen LogP contribution in [0.25, 0.3) is 0 Å². The summed E-state index contributed by atoms with van der Waals surface area (Å²) in [5, 5.41) is 10.4. The van der Waals surface area contributed by atoms with Crippen LogP contribution >= 0.6 is 15.9 Å². The summed E-state index contributed by atoms with van der Waals surface area (Å²) in [6.07, 6.45) is 3.51. The Morgan fingerprint density at radius 2 is 2.26 bits per heavy atom. The number of aliphatic hydroxyl groups excluding tert-OH is 1. The zero-order valence-electron chi connectivity index (χ0n) is 11.0. The first-order chi connectivity index (χ1) is 9.15. The van der Waals surface area contributed by atoms with Gasteiger partial charge in [-0.3, -0.25) is 0 Å². The van der Waals surface area contributed by atoms with E-state index >= 15 is 0 Å². The van der Waals surface area contributed by atoms with Crippen molar-refractivity contribution in [3.05, 3.63) is 46.5 Å². The van der Waals surface area contributed by atoms with Gasteiger partial charge in [0.05, 0.1) is 13.2 Å². The SMILES string of the molecule is CCn1ccnc1CC(O)c1ccc(Br)cc1OC. The average molecular weight is 325 g/mol. The molecule has 1 atom stereocenters. The Balaban J connectivity index is 2.22. The lowest BCUT2D eigenvalue weighted by Gasteiger charge is -2.15. The van der Waals surface area contributed by atoms with Gasteiger partial charge in [-0.2, -0.15) is 0 Å². The number of halogens is 1. The molecule has 0 saturated heterocycles. The highest BCUT2D eigenvalue weighted by molar-refractivity contribution is 9.10. The van der Waals surface area contributed by atoms with Crippen LogP contribution in [0.4, 0.5) is 0 Å². The summed E-state index contributed by atoms with van der Waals surface area (Å²) < 4.78 is 8.25. The molecular weight excluding hydrogens is 308 g/mol. The quantitative estimate of drug-likeness (QED) is 0.919. The Bertz CT molecular complexity index is 554. The van der Waals surface area contributed by atoms with Crippen molar-refractivity contribution in [2.75, 3.05) is 7.11 Å². The highest BCUT2D eigenvalue weighted by Crippen LogP contribution is 2.30. The zero-order valence-corrected chi connectivity index (χ0v) is 12.6. The first-order valence-corrected chi connectivity index (χ1v) is 6.96. The number of rotatable bonds is 5. The van der Waals surface area contributed by atoms with Crippen LogP contribution in [0.2, 0.25) is 0 Å². The smallest absolute Gasteiger partial charge is 0.125 e. The Morgan fingerprint density at radius 3 is 2.95 bits per heavy atom. The highest BCUT2D eigenvalue weighted by atomic mass is 79.9. The van der Waals surface area contributed by atoms with Crippen LogP contribution in [0, 0.1) is 0 Å². The van der Waals surface area contributed by atoms with Gasteiger partial charge in [0, 0.05) is 35.4 Å². The molecule has 0 fully saturated rings. The van der Waals surface area contributed by atoms with Gasteiger partial charge in [-0.05, 0) is 19.1 Å². The molecule has 0 bridgehead atoms. The van der Waals surface area contributed by atoms with Crippen LogP contribution in [-0.4, -0.2) is 21.8 Å². The molecule has 4 nitrogen and oxygen atoms in total. The molecule has 0 radical (unpaired) electrons. The summed E-state index contributed by atoms with van der Waals surface area (Å²) in [5.74, 6) is 1.55. The second kappa shape index (κ2) is 6.21. The van der Waals surface area contributed by atoms with Crippen molar-refractivity contribution in [1.82, 2.24) is 9.55 Å². The standard InChI is InChI=1S/C14H17BrN2O2/c1-3-17-7-6-16-14(17)9-12(18)11-5-4-10(15)8-13(11)19-2/h4-8,12,18H,3,9H2,1-2H3. The molecule has 1 aromatic carbocycles. The predicted octanol–water partition coefficient (Wildman–Crippen LogP) is 2.95. The molecule has 0 aliphatic heterocycles. The number of aryl methyl sites for hydroxylation is 1. The molecule has 2 rings (SSSR count). The number of ether oxygens (including phenoxy) is 1. The van der Waals surface area contributed by atoms with E-state index in [0.717, 1.165) is 22.4 Å². The Kier molecular flexibility index (Phi) is 4.61. The van der Waals surface area contributed by atoms with Crippen molar-refractivity contribution in [3.63, 3.8) is 0 Å². The molecule has 1 unspecified atom stereocenters. The number of benzene rings is 1. The molecule has 2 aromatic rings. The fourth-order valence-corrected chi connectivity index (χ4v) is 2.40. The average Bonchev–Trinajstić information content (AvgIpc) is 2.85. The summed E-state index contributed by atoms with van der Waals surface area (Å²) in [5.41, 5.74) is 0.774. The van der Waals surface area contributed by atoms with Gasteiger partial charge in [0.2, 0.25) is 0 Å². The van der Waals surface area contributed by atoms with E-state index in [-0.39, 0.29) is 0 Å². The number of imidazole rings is 1. The predicted molar refractivity (Wildman–Crippen MR) is 77.3 cm³/mol. The van der Waals surface area contributed by atoms with Crippen molar-refractivity contribution < 1.29 is 9.84 Å². The second-order valence-corrected chi connectivity index (χ2v) is 5.15. The summed E-state index contributed by atoms with van der Waals surface area (Å²) in [6.45, 7) is 2.90. The van der Waals surface area contributed by atoms with Gasteiger partial charge in [0.25, 0.3) is 0 Å². The molecule has 0 aliphatic carbocycles. The molecule has 1 N–H and O–H groups in total. The normalized spacial score (nSPS) is 12.4. The number of aliphatic hydroxyl groups is 1. The summed E-state index contributed by atoms with van der Waals surface area (Å²) in [4.78, 5) is 4.28. The number of aromatic nitrogens is 2. The Hall–Kier alpha value is -1.33. The van der Waals surface area contributed by atoms with E-state index in [4.69, 9.17) is 4.74 Å². The first kappa shape index (κ1) is 14.1. The van der Waals surface area contributed by atoms with E-state index in [0.29, 0.717) is 12.2 Å². The number of hydrogen-bond acceptors (Lipinski definition) is 3. The van der Waals surface area contributed by atoms with E-state index in [1.165, 1.54) is 0 Å². The van der Waals surface area contributed by atoms with Crippen molar-refractivity contribution in [1.29, 1.82) is 0 Å². The number of nitrogens with zero attached hydrogens (tertiary/aromatic N) is 2. The Labute approximate surface area is 121 Å². The van der Waals surface area contributed by atoms with E-state index < -0.39 is 6.10 Å². The van der Waals surface area contributed by atoms with Crippen LogP contribution < -0.4 is 4.74 Å². The maximum atomic E-state index is 10.4. The fourth-order valence-electron chi connectivity index (χ4n) is 2.06. The monoisotopic (exact) mass is 324 g/mol. The Morgan fingerprint density at radius 1 is 1.47 bits per heavy atom. The van der Waals surface area contributed by atoms with Crippen molar-refractivity contribution in [3.8, 4) is 5.75 Å². The molecule has 0 spiro atoms. The van der Waals surface area contributed by atoms with Gasteiger partial charge in [-0.1, -0.05) is 22.0 Å². The molecule has 102 valence electrons. The van der Waals surface area contributed by atoms with Gasteiger partial charge in [-0.25, -0.2) is 4.98 Å². The minimum absolute atomic E-state index is 0.471. The van der Waals surface area contributed by atoms with Crippen LogP contribution in [0.1, 0.15) is 24.4 Å². The van der Waals surface area contributed by atoms with Gasteiger partial charge in [-0.15, -0.1) is 0 Å². The number of hydrogen-bond donors (Lipinski definition) is 1. The fraction of sp³-hybridized carbons (Fsp3) is 0.357. The molecule has 5 heteroatoms. The minimum atomic E-state index is -0.629. The second-order valence-electron chi connectivity index (χ2n) is 4.24. The van der Waals surface area contributed by atoms with E-state index in [1.54, 1.807) is 13.3 Å². The summed E-state index contributed by atoms with van der Waals surface area (Å²) >= 11 is 3.39. The lowest BCUT2D eigenvalue weighted by Crippen LogP contribution is -2.09. The van der Waals surface area contributed by atoms with E-state index in [9.17, 15) is 5.11 Å². The lowest BCUT2D eigenvalue weighted by molar-refractivity contribution is 0.170. The summed E-state index contributed by atoms with van der Waals surface area (Å²) in [6, 6.07) is 5.62. The van der Waals surface area contributed by atoms with Crippen LogP contribution in [0.5, 0.6) is 5.75 Å². The third kappa shape index (κ3) is 3.16. The van der Waals surface area contributed by atoms with E-state index in [1.807, 2.05) is 29.0 Å². The third-order valence-electron chi connectivity index (χ3n) is 3.07. The molecule has 0 amide bonds. The van der Waals surface area contributed by atoms with Crippen LogP contribution in [0.15, 0.2) is 35.1 Å². The molecule has 1 aromatic heterocycles. The van der Waals surface area contributed by atoms with Gasteiger partial charge < -0.3 is 14.4 Å². The van der Waals surface area contributed by atoms with Crippen molar-refractivity contribution >= 4 is 15.9 Å². The minimum Gasteiger partial charge on any atom is -0.496 e. The molecule has 0 saturated carbocycles. The van der Waals surface area contributed by atoms with Gasteiger partial charge >= 0.3 is 0 Å². The van der Waals surface area contributed by atoms with E-state index in [2.05, 4.69) is 27.8 Å². The molecular formula is C14H17BrN2O2. The largest absolute Gasteiger partial charge is 0.496 e. The maximum Gasteiger partial charge on any atom is 0.125 e. The van der Waals surface area contributed by atoms with Crippen LogP contribution in [-0.2, 0) is 13.0 Å². The summed E-state index contributed by atoms with van der Waals surface area (Å²) in [7, 11) is 1.60. The van der Waals surface area contributed by atoms with Crippen LogP contribution in [0.3, 0.4) is 0 Å².